The van der Waals surface area contributed by atoms with Crippen LogP contribution < -0.4 is 10.1 Å². The fraction of sp³-hybridized carbons (Fsp3) is 0.250. The zero-order valence-electron chi connectivity index (χ0n) is 11.5. The molecular formula is C16H18FNO. The molecule has 0 saturated carbocycles. The molecule has 100 valence electrons. The SMILES string of the molecule is CNCc1ccc(F)cc1-c1cc(C)ccc1OC. The van der Waals surface area contributed by atoms with Crippen molar-refractivity contribution >= 4 is 0 Å². The van der Waals surface area contributed by atoms with Gasteiger partial charge < -0.3 is 10.1 Å². The molecule has 0 unspecified atom stereocenters. The summed E-state index contributed by atoms with van der Waals surface area (Å²) < 4.78 is 18.9. The minimum absolute atomic E-state index is 0.238. The van der Waals surface area contributed by atoms with E-state index in [1.165, 1.54) is 6.07 Å². The van der Waals surface area contributed by atoms with E-state index < -0.39 is 0 Å². The molecule has 0 atom stereocenters. The van der Waals surface area contributed by atoms with Crippen LogP contribution in [-0.2, 0) is 6.54 Å². The first kappa shape index (κ1) is 13.6. The van der Waals surface area contributed by atoms with Crippen molar-refractivity contribution in [3.05, 3.63) is 53.3 Å². The second kappa shape index (κ2) is 5.85. The zero-order valence-corrected chi connectivity index (χ0v) is 11.5. The fourth-order valence-electron chi connectivity index (χ4n) is 2.18. The van der Waals surface area contributed by atoms with Crippen LogP contribution in [-0.4, -0.2) is 14.2 Å². The van der Waals surface area contributed by atoms with Crippen molar-refractivity contribution in [3.8, 4) is 16.9 Å². The lowest BCUT2D eigenvalue weighted by atomic mass is 9.97. The molecule has 0 amide bonds. The number of rotatable bonds is 4. The van der Waals surface area contributed by atoms with Crippen LogP contribution in [0, 0.1) is 12.7 Å². The predicted molar refractivity (Wildman–Crippen MR) is 75.9 cm³/mol. The second-order valence-corrected chi connectivity index (χ2v) is 4.54. The number of nitrogens with one attached hydrogen (secondary N) is 1. The quantitative estimate of drug-likeness (QED) is 0.907. The highest BCUT2D eigenvalue weighted by Gasteiger charge is 2.11. The van der Waals surface area contributed by atoms with Crippen LogP contribution in [0.3, 0.4) is 0 Å². The van der Waals surface area contributed by atoms with E-state index in [2.05, 4.69) is 5.32 Å². The van der Waals surface area contributed by atoms with Crippen molar-refractivity contribution in [1.29, 1.82) is 0 Å². The highest BCUT2D eigenvalue weighted by Crippen LogP contribution is 2.33. The Labute approximate surface area is 113 Å². The fourth-order valence-corrected chi connectivity index (χ4v) is 2.18. The van der Waals surface area contributed by atoms with Crippen LogP contribution in [0.4, 0.5) is 4.39 Å². The first-order chi connectivity index (χ1) is 9.15. The maximum atomic E-state index is 13.5. The first-order valence-electron chi connectivity index (χ1n) is 6.23. The van der Waals surface area contributed by atoms with Crippen molar-refractivity contribution in [1.82, 2.24) is 5.32 Å². The Bertz CT molecular complexity index is 581. The van der Waals surface area contributed by atoms with Gasteiger partial charge in [0.05, 0.1) is 7.11 Å². The van der Waals surface area contributed by atoms with E-state index >= 15 is 0 Å². The first-order valence-corrected chi connectivity index (χ1v) is 6.23. The van der Waals surface area contributed by atoms with Gasteiger partial charge in [0.25, 0.3) is 0 Å². The van der Waals surface area contributed by atoms with Crippen LogP contribution in [0.15, 0.2) is 36.4 Å². The normalized spacial score (nSPS) is 10.5. The van der Waals surface area contributed by atoms with Gasteiger partial charge in [0.2, 0.25) is 0 Å². The minimum Gasteiger partial charge on any atom is -0.496 e. The molecular weight excluding hydrogens is 241 g/mol. The highest BCUT2D eigenvalue weighted by molar-refractivity contribution is 5.74. The summed E-state index contributed by atoms with van der Waals surface area (Å²) >= 11 is 0. The van der Waals surface area contributed by atoms with Crippen molar-refractivity contribution in [3.63, 3.8) is 0 Å². The third-order valence-corrected chi connectivity index (χ3v) is 3.08. The molecule has 2 aromatic carbocycles. The molecule has 0 aliphatic rings. The molecule has 0 fully saturated rings. The van der Waals surface area contributed by atoms with E-state index in [0.717, 1.165) is 28.0 Å². The standard InChI is InChI=1S/C16H18FNO/c1-11-4-7-16(19-3)15(8-11)14-9-13(17)6-5-12(14)10-18-2/h4-9,18H,10H2,1-3H3. The number of ether oxygens (including phenoxy) is 1. The van der Waals surface area contributed by atoms with Gasteiger partial charge in [-0.05, 0) is 49.4 Å². The Morgan fingerprint density at radius 1 is 1.11 bits per heavy atom. The summed E-state index contributed by atoms with van der Waals surface area (Å²) in [6, 6.07) is 10.8. The van der Waals surface area contributed by atoms with Crippen LogP contribution >= 0.6 is 0 Å². The number of methoxy groups -OCH3 is 1. The Kier molecular flexibility index (Phi) is 4.17. The lowest BCUT2D eigenvalue weighted by Gasteiger charge is -2.14. The van der Waals surface area contributed by atoms with E-state index in [0.29, 0.717) is 6.54 Å². The van der Waals surface area contributed by atoms with Crippen LogP contribution in [0.2, 0.25) is 0 Å². The predicted octanol–water partition coefficient (Wildman–Crippen LogP) is 3.53. The van der Waals surface area contributed by atoms with E-state index in [-0.39, 0.29) is 5.82 Å². The van der Waals surface area contributed by atoms with Crippen molar-refractivity contribution in [2.45, 2.75) is 13.5 Å². The molecule has 0 heterocycles. The van der Waals surface area contributed by atoms with E-state index in [9.17, 15) is 4.39 Å². The summed E-state index contributed by atoms with van der Waals surface area (Å²) in [7, 11) is 3.51. The largest absolute Gasteiger partial charge is 0.496 e. The van der Waals surface area contributed by atoms with Crippen molar-refractivity contribution < 1.29 is 9.13 Å². The maximum Gasteiger partial charge on any atom is 0.126 e. The topological polar surface area (TPSA) is 21.3 Å². The summed E-state index contributed by atoms with van der Waals surface area (Å²) in [5.41, 5.74) is 3.96. The van der Waals surface area contributed by atoms with Gasteiger partial charge in [-0.2, -0.15) is 0 Å². The Morgan fingerprint density at radius 3 is 2.58 bits per heavy atom. The van der Waals surface area contributed by atoms with Crippen molar-refractivity contribution in [2.24, 2.45) is 0 Å². The molecule has 0 aromatic heterocycles. The average molecular weight is 259 g/mol. The average Bonchev–Trinajstić information content (AvgIpc) is 2.41. The van der Waals surface area contributed by atoms with Crippen LogP contribution in [0.25, 0.3) is 11.1 Å². The highest BCUT2D eigenvalue weighted by atomic mass is 19.1. The minimum atomic E-state index is -0.238. The maximum absolute atomic E-state index is 13.5. The number of hydrogen-bond acceptors (Lipinski definition) is 2. The third-order valence-electron chi connectivity index (χ3n) is 3.08. The smallest absolute Gasteiger partial charge is 0.126 e. The van der Waals surface area contributed by atoms with Gasteiger partial charge in [0.1, 0.15) is 11.6 Å². The monoisotopic (exact) mass is 259 g/mol. The molecule has 0 saturated heterocycles. The van der Waals surface area contributed by atoms with Gasteiger partial charge >= 0.3 is 0 Å². The molecule has 0 aliphatic heterocycles. The van der Waals surface area contributed by atoms with Gasteiger partial charge in [-0.25, -0.2) is 4.39 Å². The molecule has 19 heavy (non-hydrogen) atoms. The van der Waals surface area contributed by atoms with Gasteiger partial charge in [0, 0.05) is 12.1 Å². The number of benzene rings is 2. The van der Waals surface area contributed by atoms with Crippen molar-refractivity contribution in [2.75, 3.05) is 14.2 Å². The number of hydrogen-bond donors (Lipinski definition) is 1. The van der Waals surface area contributed by atoms with Crippen LogP contribution in [0.5, 0.6) is 5.75 Å². The van der Waals surface area contributed by atoms with E-state index in [1.54, 1.807) is 13.2 Å². The summed E-state index contributed by atoms with van der Waals surface area (Å²) in [6.07, 6.45) is 0. The number of halogens is 1. The van der Waals surface area contributed by atoms with Gasteiger partial charge in [-0.3, -0.25) is 0 Å². The summed E-state index contributed by atoms with van der Waals surface area (Å²) in [6.45, 7) is 2.70. The summed E-state index contributed by atoms with van der Waals surface area (Å²) in [5.74, 6) is 0.520. The third kappa shape index (κ3) is 2.93. The molecule has 2 aromatic rings. The lowest BCUT2D eigenvalue weighted by Crippen LogP contribution is -2.07. The Balaban J connectivity index is 2.62. The van der Waals surface area contributed by atoms with E-state index in [1.807, 2.05) is 38.2 Å². The van der Waals surface area contributed by atoms with Gasteiger partial charge in [-0.15, -0.1) is 0 Å². The van der Waals surface area contributed by atoms with E-state index in [4.69, 9.17) is 4.74 Å². The molecule has 1 N–H and O–H groups in total. The van der Waals surface area contributed by atoms with Crippen LogP contribution in [0.1, 0.15) is 11.1 Å². The van der Waals surface area contributed by atoms with Gasteiger partial charge in [0.15, 0.2) is 0 Å². The van der Waals surface area contributed by atoms with Gasteiger partial charge in [-0.1, -0.05) is 17.7 Å². The molecule has 0 bridgehead atoms. The zero-order chi connectivity index (χ0) is 13.8. The molecule has 3 heteroatoms. The second-order valence-electron chi connectivity index (χ2n) is 4.54. The Morgan fingerprint density at radius 2 is 1.89 bits per heavy atom. The number of aryl methyl sites for hydroxylation is 1. The summed E-state index contributed by atoms with van der Waals surface area (Å²) in [5, 5.41) is 3.10. The molecule has 2 nitrogen and oxygen atoms in total. The summed E-state index contributed by atoms with van der Waals surface area (Å²) in [4.78, 5) is 0. The lowest BCUT2D eigenvalue weighted by molar-refractivity contribution is 0.416. The molecule has 2 rings (SSSR count). The Hall–Kier alpha value is -1.87. The molecule has 0 radical (unpaired) electrons. The molecule has 0 spiro atoms. The molecule has 0 aliphatic carbocycles.